The molecule has 0 N–H and O–H groups in total. The molecule has 59 heavy (non-hydrogen) atoms. The van der Waals surface area contributed by atoms with E-state index in [0.717, 1.165) is 45.0 Å². The highest BCUT2D eigenvalue weighted by molar-refractivity contribution is 6.23. The molecule has 276 valence electrons. The van der Waals surface area contributed by atoms with E-state index < -0.39 is 0 Å². The molecular weight excluding hydrogens is 715 g/mol. The summed E-state index contributed by atoms with van der Waals surface area (Å²) in [6.07, 6.45) is 9.97. The van der Waals surface area contributed by atoms with Gasteiger partial charge >= 0.3 is 0 Å². The summed E-state index contributed by atoms with van der Waals surface area (Å²) in [4.78, 5) is 10.2. The first kappa shape index (κ1) is 33.5. The number of allylic oxidation sites excluding steroid dienone is 4. The summed E-state index contributed by atoms with van der Waals surface area (Å²) >= 11 is 0. The minimum absolute atomic E-state index is 0.343. The third kappa shape index (κ3) is 5.58. The molecule has 1 atom stereocenters. The van der Waals surface area contributed by atoms with Crippen molar-refractivity contribution in [3.63, 3.8) is 0 Å². The molecule has 11 aromatic rings. The standard InChI is InChI=1S/C56H37N3/c1-3-16-50-46(12-1)47-13-2-4-17-51(47)56-55(50)57-35-52(58-56)44-11-9-10-39(34-44)36-20-22-37(23-21-36)40-24-26-43-33-41(25-27-42(43)32-40)38-28-30-45(31-29-38)59-53-18-7-5-14-48(53)49-15-6-8-19-54(49)59/h1-28,30-35,38H,29H2. The van der Waals surface area contributed by atoms with Gasteiger partial charge in [-0.15, -0.1) is 0 Å². The summed E-state index contributed by atoms with van der Waals surface area (Å²) < 4.78 is 2.41. The van der Waals surface area contributed by atoms with Crippen LogP contribution in [0, 0.1) is 0 Å². The molecule has 9 aromatic carbocycles. The fraction of sp³-hybridized carbons (Fsp3) is 0.0357. The lowest BCUT2D eigenvalue weighted by atomic mass is 9.89. The Morgan fingerprint density at radius 2 is 1.00 bits per heavy atom. The second-order valence-corrected chi connectivity index (χ2v) is 15.7. The van der Waals surface area contributed by atoms with Gasteiger partial charge in [-0.3, -0.25) is 4.98 Å². The van der Waals surface area contributed by atoms with Gasteiger partial charge in [0.15, 0.2) is 0 Å². The minimum Gasteiger partial charge on any atom is -0.310 e. The smallest absolute Gasteiger partial charge is 0.0979 e. The highest BCUT2D eigenvalue weighted by Crippen LogP contribution is 2.38. The number of hydrogen-bond acceptors (Lipinski definition) is 2. The molecule has 0 fully saturated rings. The van der Waals surface area contributed by atoms with Crippen molar-refractivity contribution in [3.8, 4) is 33.5 Å². The van der Waals surface area contributed by atoms with E-state index in [1.165, 1.54) is 71.3 Å². The Hall–Kier alpha value is -7.62. The molecule has 0 aliphatic heterocycles. The van der Waals surface area contributed by atoms with E-state index >= 15 is 0 Å². The summed E-state index contributed by atoms with van der Waals surface area (Å²) in [6.45, 7) is 0. The second-order valence-electron chi connectivity index (χ2n) is 15.7. The molecule has 1 aliphatic rings. The number of fused-ring (bicyclic) bond motifs is 10. The van der Waals surface area contributed by atoms with E-state index in [1.807, 2.05) is 6.20 Å². The van der Waals surface area contributed by atoms with Crippen molar-refractivity contribution in [1.82, 2.24) is 14.5 Å². The molecular formula is C56H37N3. The molecule has 0 radical (unpaired) electrons. The molecule has 1 unspecified atom stereocenters. The molecule has 12 rings (SSSR count). The molecule has 0 bridgehead atoms. The van der Waals surface area contributed by atoms with Crippen molar-refractivity contribution in [2.75, 3.05) is 0 Å². The Morgan fingerprint density at radius 3 is 1.68 bits per heavy atom. The van der Waals surface area contributed by atoms with Gasteiger partial charge in [0.2, 0.25) is 0 Å². The van der Waals surface area contributed by atoms with E-state index in [-0.39, 0.29) is 0 Å². The fourth-order valence-corrected chi connectivity index (χ4v) is 9.37. The third-order valence-corrected chi connectivity index (χ3v) is 12.3. The molecule has 0 saturated carbocycles. The molecule has 2 heterocycles. The summed E-state index contributed by atoms with van der Waals surface area (Å²) in [7, 11) is 0. The predicted molar refractivity (Wildman–Crippen MR) is 249 cm³/mol. The summed E-state index contributed by atoms with van der Waals surface area (Å²) in [5.74, 6) is 0.343. The average molecular weight is 752 g/mol. The molecule has 3 heteroatoms. The van der Waals surface area contributed by atoms with E-state index in [0.29, 0.717) is 5.92 Å². The molecule has 1 aliphatic carbocycles. The fourth-order valence-electron chi connectivity index (χ4n) is 9.37. The van der Waals surface area contributed by atoms with Crippen LogP contribution in [-0.4, -0.2) is 14.5 Å². The normalized spacial score (nSPS) is 14.2. The Labute approximate surface area is 341 Å². The number of benzene rings is 9. The zero-order valence-corrected chi connectivity index (χ0v) is 32.3. The van der Waals surface area contributed by atoms with Crippen LogP contribution < -0.4 is 0 Å². The first-order valence-corrected chi connectivity index (χ1v) is 20.4. The SMILES string of the molecule is C1=CC(c2ccc3cc(-c4ccc(-c5cccc(-c6cnc7c8ccccc8c8ccccc8c7n6)c5)cc4)ccc3c2)CC=C1n1c2ccccc2c2ccccc21. The Morgan fingerprint density at radius 1 is 0.441 bits per heavy atom. The van der Waals surface area contributed by atoms with Crippen LogP contribution in [0.1, 0.15) is 17.9 Å². The predicted octanol–water partition coefficient (Wildman–Crippen LogP) is 14.8. The average Bonchev–Trinajstić information content (AvgIpc) is 3.66. The quantitative estimate of drug-likeness (QED) is 0.164. The van der Waals surface area contributed by atoms with Gasteiger partial charge in [0.1, 0.15) is 0 Å². The van der Waals surface area contributed by atoms with Crippen molar-refractivity contribution in [2.24, 2.45) is 0 Å². The van der Waals surface area contributed by atoms with Crippen LogP contribution in [0.2, 0.25) is 0 Å². The van der Waals surface area contributed by atoms with Crippen molar-refractivity contribution < 1.29 is 0 Å². The molecule has 0 amide bonds. The summed E-state index contributed by atoms with van der Waals surface area (Å²) in [6, 6.07) is 65.8. The van der Waals surface area contributed by atoms with Crippen LogP contribution in [0.5, 0.6) is 0 Å². The van der Waals surface area contributed by atoms with Crippen LogP contribution in [0.3, 0.4) is 0 Å². The van der Waals surface area contributed by atoms with Crippen molar-refractivity contribution >= 4 is 70.9 Å². The third-order valence-electron chi connectivity index (χ3n) is 12.3. The van der Waals surface area contributed by atoms with Crippen LogP contribution in [0.15, 0.2) is 206 Å². The zero-order valence-electron chi connectivity index (χ0n) is 32.3. The topological polar surface area (TPSA) is 30.7 Å². The lowest BCUT2D eigenvalue weighted by Gasteiger charge is -2.19. The molecule has 0 saturated heterocycles. The maximum atomic E-state index is 5.23. The van der Waals surface area contributed by atoms with E-state index in [9.17, 15) is 0 Å². The van der Waals surface area contributed by atoms with Gasteiger partial charge in [-0.1, -0.05) is 170 Å². The summed E-state index contributed by atoms with van der Waals surface area (Å²) in [5.41, 5.74) is 13.6. The monoisotopic (exact) mass is 751 g/mol. The molecule has 2 aromatic heterocycles. The van der Waals surface area contributed by atoms with Gasteiger partial charge in [-0.2, -0.15) is 0 Å². The molecule has 0 spiro atoms. The first-order chi connectivity index (χ1) is 29.2. The van der Waals surface area contributed by atoms with Gasteiger partial charge in [-0.25, -0.2) is 4.98 Å². The van der Waals surface area contributed by atoms with E-state index in [2.05, 4.69) is 205 Å². The number of para-hydroxylation sites is 2. The van der Waals surface area contributed by atoms with E-state index in [4.69, 9.17) is 9.97 Å². The Bertz CT molecular complexity index is 3440. The highest BCUT2D eigenvalue weighted by Gasteiger charge is 2.17. The van der Waals surface area contributed by atoms with Crippen LogP contribution in [-0.2, 0) is 0 Å². The lowest BCUT2D eigenvalue weighted by molar-refractivity contribution is 0.852. The largest absolute Gasteiger partial charge is 0.310 e. The van der Waals surface area contributed by atoms with Gasteiger partial charge in [0.25, 0.3) is 0 Å². The highest BCUT2D eigenvalue weighted by atomic mass is 15.0. The number of nitrogens with zero attached hydrogens (tertiary/aromatic N) is 3. The number of rotatable bonds is 5. The minimum atomic E-state index is 0.343. The van der Waals surface area contributed by atoms with E-state index in [1.54, 1.807) is 0 Å². The summed E-state index contributed by atoms with van der Waals surface area (Å²) in [5, 5.41) is 9.78. The Balaban J connectivity index is 0.795. The van der Waals surface area contributed by atoms with Crippen LogP contribution in [0.4, 0.5) is 0 Å². The van der Waals surface area contributed by atoms with Crippen molar-refractivity contribution in [2.45, 2.75) is 12.3 Å². The van der Waals surface area contributed by atoms with Gasteiger partial charge < -0.3 is 4.57 Å². The molecule has 3 nitrogen and oxygen atoms in total. The maximum absolute atomic E-state index is 5.23. The van der Waals surface area contributed by atoms with Crippen molar-refractivity contribution in [3.05, 3.63) is 212 Å². The first-order valence-electron chi connectivity index (χ1n) is 20.4. The van der Waals surface area contributed by atoms with Gasteiger partial charge in [0.05, 0.1) is 34.0 Å². The Kier molecular flexibility index (Phi) is 7.67. The van der Waals surface area contributed by atoms with Gasteiger partial charge in [0, 0.05) is 38.7 Å². The van der Waals surface area contributed by atoms with Gasteiger partial charge in [-0.05, 0) is 86.1 Å². The zero-order chi connectivity index (χ0) is 38.9. The van der Waals surface area contributed by atoms with Crippen LogP contribution in [0.25, 0.3) is 104 Å². The van der Waals surface area contributed by atoms with Crippen LogP contribution >= 0.6 is 0 Å². The maximum Gasteiger partial charge on any atom is 0.0979 e. The number of hydrogen-bond donors (Lipinski definition) is 0. The lowest BCUT2D eigenvalue weighted by Crippen LogP contribution is -2.02. The second kappa shape index (κ2) is 13.5. The van der Waals surface area contributed by atoms with Crippen molar-refractivity contribution in [1.29, 1.82) is 0 Å². The number of aromatic nitrogens is 3.